The van der Waals surface area contributed by atoms with Crippen LogP contribution >= 0.6 is 0 Å². The van der Waals surface area contributed by atoms with Crippen molar-refractivity contribution in [3.05, 3.63) is 176 Å². The fourth-order valence-electron chi connectivity index (χ4n) is 6.68. The van der Waals surface area contributed by atoms with Gasteiger partial charge in [-0.25, -0.2) is 15.0 Å². The molecule has 0 spiro atoms. The maximum atomic E-state index is 9.37. The van der Waals surface area contributed by atoms with Crippen molar-refractivity contribution < 1.29 is 16.8 Å². The van der Waals surface area contributed by atoms with E-state index in [2.05, 4.69) is 24.3 Å². The van der Waals surface area contributed by atoms with Crippen LogP contribution in [0.1, 0.15) is 12.3 Å². The lowest BCUT2D eigenvalue weighted by atomic mass is 9.90. The molecule has 0 atom stereocenters. The summed E-state index contributed by atoms with van der Waals surface area (Å²) < 4.78 is 85.2. The van der Waals surface area contributed by atoms with Crippen molar-refractivity contribution in [3.63, 3.8) is 0 Å². The lowest BCUT2D eigenvalue weighted by Crippen LogP contribution is -2.01. The van der Waals surface area contributed by atoms with Crippen molar-refractivity contribution in [1.82, 2.24) is 15.0 Å². The molecular weight excluding hydrogens is 623 g/mol. The lowest BCUT2D eigenvalue weighted by Gasteiger charge is -2.15. The van der Waals surface area contributed by atoms with Crippen LogP contribution in [-0.4, -0.2) is 15.0 Å². The molecule has 2 aromatic heterocycles. The Hall–Kier alpha value is -6.91. The molecule has 10 aromatic rings. The van der Waals surface area contributed by atoms with Gasteiger partial charge in [0.25, 0.3) is 0 Å². The third-order valence-electron chi connectivity index (χ3n) is 9.05. The number of aromatic nitrogens is 3. The van der Waals surface area contributed by atoms with Crippen LogP contribution in [0, 0.1) is 0 Å². The highest BCUT2D eigenvalue weighted by atomic mass is 16.3. The summed E-state index contributed by atoms with van der Waals surface area (Å²) in [6.07, 6.45) is 0. The van der Waals surface area contributed by atoms with Crippen LogP contribution in [0.4, 0.5) is 0 Å². The quantitative estimate of drug-likeness (QED) is 0.184. The molecule has 0 fully saturated rings. The Kier molecular flexibility index (Phi) is 4.96. The first kappa shape index (κ1) is 21.2. The monoisotopic (exact) mass is 660 g/mol. The highest BCUT2D eigenvalue weighted by molar-refractivity contribution is 6.12. The predicted molar refractivity (Wildman–Crippen MR) is 209 cm³/mol. The standard InChI is InChI=1S/C47H29N3O/c1-2-13-31(14-3-1)37-27-26-35(29-41(37)38-20-10-17-32-15-6-7-18-36(32)38)46-48-45(34-25-24-30-12-4-5-16-33(30)28-34)49-47(50-46)40-21-11-23-43-44(40)39-19-8-9-22-42(39)51-43/h1-29H/i4D,5D,8D,12D,16D,21D,24D,25D,28D. The van der Waals surface area contributed by atoms with Crippen molar-refractivity contribution in [2.24, 2.45) is 0 Å². The molecule has 0 unspecified atom stereocenters. The first-order valence-corrected chi connectivity index (χ1v) is 16.4. The summed E-state index contributed by atoms with van der Waals surface area (Å²) in [6.45, 7) is 0. The van der Waals surface area contributed by atoms with Gasteiger partial charge in [0.1, 0.15) is 11.2 Å². The lowest BCUT2D eigenvalue weighted by molar-refractivity contribution is 0.669. The summed E-state index contributed by atoms with van der Waals surface area (Å²) in [5, 5.41) is 2.64. The second-order valence-electron chi connectivity index (χ2n) is 12.1. The second-order valence-corrected chi connectivity index (χ2v) is 12.1. The smallest absolute Gasteiger partial charge is 0.164 e. The van der Waals surface area contributed by atoms with Crippen molar-refractivity contribution in [2.75, 3.05) is 0 Å². The molecule has 0 N–H and O–H groups in total. The normalized spacial score (nSPS) is 14.0. The van der Waals surface area contributed by atoms with Gasteiger partial charge in [0, 0.05) is 27.5 Å². The van der Waals surface area contributed by atoms with E-state index in [9.17, 15) is 4.11 Å². The zero-order chi connectivity index (χ0) is 41.6. The van der Waals surface area contributed by atoms with E-state index in [1.807, 2.05) is 66.7 Å². The number of para-hydroxylation sites is 1. The average Bonchev–Trinajstić information content (AvgIpc) is 3.63. The Morgan fingerprint density at radius 1 is 0.412 bits per heavy atom. The third kappa shape index (κ3) is 5.04. The van der Waals surface area contributed by atoms with Crippen molar-refractivity contribution in [3.8, 4) is 56.4 Å². The van der Waals surface area contributed by atoms with Crippen LogP contribution in [0.3, 0.4) is 0 Å². The number of hydrogen-bond acceptors (Lipinski definition) is 4. The first-order chi connectivity index (χ1) is 29.0. The predicted octanol–water partition coefficient (Wildman–Crippen LogP) is 12.4. The Balaban J connectivity index is 1.31. The van der Waals surface area contributed by atoms with E-state index < -0.39 is 42.3 Å². The van der Waals surface area contributed by atoms with Gasteiger partial charge in [-0.1, -0.05) is 151 Å². The molecule has 4 nitrogen and oxygen atoms in total. The Bertz CT molecular complexity index is 3440. The summed E-state index contributed by atoms with van der Waals surface area (Å²) in [4.78, 5) is 14.7. The van der Waals surface area contributed by atoms with Gasteiger partial charge in [0.15, 0.2) is 17.5 Å². The van der Waals surface area contributed by atoms with Gasteiger partial charge in [-0.15, -0.1) is 0 Å². The highest BCUT2D eigenvalue weighted by Crippen LogP contribution is 2.40. The SMILES string of the molecule is [2H]c1ccc2oc3ccc([2H])c(-c4nc(-c5ccc(-c6ccccc6)c(-c6cccc7ccccc67)c5)nc(-c5c([2H])c([2H])c6c([2H])c([2H])c([2H])c([2H])c6c5[2H])n4)c3c2c1. The van der Waals surface area contributed by atoms with Crippen molar-refractivity contribution >= 4 is 43.5 Å². The van der Waals surface area contributed by atoms with Gasteiger partial charge >= 0.3 is 0 Å². The molecule has 0 saturated carbocycles. The molecule has 10 rings (SSSR count). The van der Waals surface area contributed by atoms with Gasteiger partial charge in [-0.05, 0) is 68.0 Å². The zero-order valence-electron chi connectivity index (χ0n) is 35.8. The maximum Gasteiger partial charge on any atom is 0.164 e. The maximum absolute atomic E-state index is 9.37. The molecule has 0 saturated heterocycles. The average molecular weight is 661 g/mol. The van der Waals surface area contributed by atoms with Gasteiger partial charge < -0.3 is 4.42 Å². The van der Waals surface area contributed by atoms with E-state index in [4.69, 9.17) is 27.6 Å². The van der Waals surface area contributed by atoms with Crippen LogP contribution in [0.15, 0.2) is 180 Å². The minimum Gasteiger partial charge on any atom is -0.456 e. The van der Waals surface area contributed by atoms with Gasteiger partial charge in [-0.3, -0.25) is 0 Å². The van der Waals surface area contributed by atoms with Gasteiger partial charge in [0.2, 0.25) is 0 Å². The minimum atomic E-state index is -0.577. The van der Waals surface area contributed by atoms with Crippen LogP contribution < -0.4 is 0 Å². The molecule has 51 heavy (non-hydrogen) atoms. The zero-order valence-corrected chi connectivity index (χ0v) is 26.8. The van der Waals surface area contributed by atoms with Crippen molar-refractivity contribution in [2.45, 2.75) is 0 Å². The van der Waals surface area contributed by atoms with Crippen LogP contribution in [0.2, 0.25) is 0 Å². The number of fused-ring (bicyclic) bond motifs is 5. The molecule has 0 aliphatic heterocycles. The molecule has 0 aliphatic rings. The summed E-state index contributed by atoms with van der Waals surface area (Å²) in [5.74, 6) is -0.0677. The molecular formula is C47H29N3O. The fraction of sp³-hybridized carbons (Fsp3) is 0. The topological polar surface area (TPSA) is 51.8 Å². The number of rotatable bonds is 5. The van der Waals surface area contributed by atoms with E-state index in [-0.39, 0.29) is 51.5 Å². The molecule has 4 heteroatoms. The minimum absolute atomic E-state index is 0.00271. The summed E-state index contributed by atoms with van der Waals surface area (Å²) in [6, 6.07) is 34.8. The Labute approximate surface area is 307 Å². The van der Waals surface area contributed by atoms with E-state index >= 15 is 0 Å². The Morgan fingerprint density at radius 2 is 1.20 bits per heavy atom. The fourth-order valence-corrected chi connectivity index (χ4v) is 6.68. The molecule has 0 radical (unpaired) electrons. The molecule has 8 aromatic carbocycles. The number of benzene rings is 8. The molecule has 0 amide bonds. The highest BCUT2D eigenvalue weighted by Gasteiger charge is 2.19. The van der Waals surface area contributed by atoms with E-state index in [1.165, 1.54) is 0 Å². The Morgan fingerprint density at radius 3 is 2.12 bits per heavy atom. The number of hydrogen-bond donors (Lipinski definition) is 0. The number of nitrogens with zero attached hydrogens (tertiary/aromatic N) is 3. The third-order valence-corrected chi connectivity index (χ3v) is 9.05. The second kappa shape index (κ2) is 11.9. The van der Waals surface area contributed by atoms with E-state index in [0.29, 0.717) is 27.5 Å². The van der Waals surface area contributed by atoms with Crippen molar-refractivity contribution in [1.29, 1.82) is 0 Å². The molecule has 0 bridgehead atoms. The summed E-state index contributed by atoms with van der Waals surface area (Å²) >= 11 is 0. The van der Waals surface area contributed by atoms with Crippen LogP contribution in [0.5, 0.6) is 0 Å². The number of furan rings is 1. The van der Waals surface area contributed by atoms with Crippen LogP contribution in [-0.2, 0) is 0 Å². The summed E-state index contributed by atoms with van der Waals surface area (Å²) in [7, 11) is 0. The molecule has 238 valence electrons. The van der Waals surface area contributed by atoms with E-state index in [1.54, 1.807) is 30.3 Å². The molecule has 2 heterocycles. The van der Waals surface area contributed by atoms with E-state index in [0.717, 1.165) is 33.0 Å². The first-order valence-electron chi connectivity index (χ1n) is 20.9. The van der Waals surface area contributed by atoms with Gasteiger partial charge in [0.05, 0.1) is 12.3 Å². The summed E-state index contributed by atoms with van der Waals surface area (Å²) in [5.41, 5.74) is 5.24. The van der Waals surface area contributed by atoms with Crippen LogP contribution in [0.25, 0.3) is 99.9 Å². The van der Waals surface area contributed by atoms with Gasteiger partial charge in [-0.2, -0.15) is 0 Å². The molecule has 0 aliphatic carbocycles. The largest absolute Gasteiger partial charge is 0.456 e.